The summed E-state index contributed by atoms with van der Waals surface area (Å²) in [5, 5.41) is 8.05. The van der Waals surface area contributed by atoms with E-state index in [0.717, 1.165) is 0 Å². The van der Waals surface area contributed by atoms with Gasteiger partial charge in [-0.15, -0.1) is 24.0 Å². The van der Waals surface area contributed by atoms with Gasteiger partial charge in [-0.2, -0.15) is 0 Å². The van der Waals surface area contributed by atoms with Crippen molar-refractivity contribution in [1.82, 2.24) is 16.0 Å². The van der Waals surface area contributed by atoms with Crippen molar-refractivity contribution in [1.29, 1.82) is 0 Å². The number of aliphatic imine (C=N–C) groups is 1. The van der Waals surface area contributed by atoms with Gasteiger partial charge in [-0.1, -0.05) is 0 Å². The van der Waals surface area contributed by atoms with Crippen molar-refractivity contribution in [2.75, 3.05) is 20.1 Å². The van der Waals surface area contributed by atoms with Gasteiger partial charge in [0.15, 0.2) is 5.96 Å². The normalized spacial score (nSPS) is 12.5. The molecule has 0 aromatic carbocycles. The molecule has 0 aliphatic rings. The second kappa shape index (κ2) is 10.0. The summed E-state index contributed by atoms with van der Waals surface area (Å²) in [7, 11) is 1.48. The van der Waals surface area contributed by atoms with Crippen molar-refractivity contribution >= 4 is 36.0 Å². The summed E-state index contributed by atoms with van der Waals surface area (Å²) in [4.78, 5) is 15.5. The number of rotatable bonds is 5. The van der Waals surface area contributed by atoms with Crippen LogP contribution in [0, 0.1) is 0 Å². The highest BCUT2D eigenvalue weighted by Crippen LogP contribution is 2.09. The quantitative estimate of drug-likeness (QED) is 0.352. The highest BCUT2D eigenvalue weighted by atomic mass is 127. The Morgan fingerprint density at radius 1 is 1.18 bits per heavy atom. The highest BCUT2D eigenvalue weighted by molar-refractivity contribution is 14.0. The molecular formula is C13H27F2IN4O2. The number of nitrogens with one attached hydrogen (secondary N) is 3. The molecule has 22 heavy (non-hydrogen) atoms. The van der Waals surface area contributed by atoms with Gasteiger partial charge in [0, 0.05) is 13.6 Å². The molecule has 0 saturated carbocycles. The molecule has 0 aromatic rings. The topological polar surface area (TPSA) is 74.8 Å². The third-order valence-corrected chi connectivity index (χ3v) is 2.18. The van der Waals surface area contributed by atoms with Gasteiger partial charge < -0.3 is 20.7 Å². The number of ether oxygens (including phenoxy) is 1. The van der Waals surface area contributed by atoms with Crippen LogP contribution in [0.15, 0.2) is 4.99 Å². The van der Waals surface area contributed by atoms with E-state index in [1.54, 1.807) is 34.6 Å². The number of guanidine groups is 1. The fourth-order valence-corrected chi connectivity index (χ4v) is 1.32. The molecule has 3 N–H and O–H groups in total. The minimum absolute atomic E-state index is 0. The number of nitrogens with zero attached hydrogens (tertiary/aromatic N) is 1. The van der Waals surface area contributed by atoms with Gasteiger partial charge in [0.05, 0.1) is 12.1 Å². The maximum atomic E-state index is 12.1. The van der Waals surface area contributed by atoms with Crippen LogP contribution in [0.1, 0.15) is 34.6 Å². The first kappa shape index (κ1) is 23.4. The molecule has 0 heterocycles. The Balaban J connectivity index is 0. The molecule has 0 atom stereocenters. The minimum atomic E-state index is -2.46. The molecule has 0 unspecified atom stereocenters. The number of hydrogen-bond acceptors (Lipinski definition) is 3. The number of alkyl halides is 2. The standard InChI is InChI=1S/C13H26F2N4O2.HI/c1-12(2,3)21-11(20)19-13(4,5)8-18-10(16-6)17-7-9(14)15;/h9H,7-8H2,1-6H3,(H,19,20)(H2,16,17,18);1H. The molecular weight excluding hydrogens is 409 g/mol. The average molecular weight is 436 g/mol. The van der Waals surface area contributed by atoms with Crippen LogP contribution in [-0.2, 0) is 4.74 Å². The fraction of sp³-hybridized carbons (Fsp3) is 0.846. The van der Waals surface area contributed by atoms with E-state index in [1.807, 2.05) is 0 Å². The molecule has 6 nitrogen and oxygen atoms in total. The second-order valence-electron chi connectivity index (χ2n) is 6.21. The van der Waals surface area contributed by atoms with E-state index >= 15 is 0 Å². The summed E-state index contributed by atoms with van der Waals surface area (Å²) in [6.45, 7) is 8.69. The number of hydrogen-bond donors (Lipinski definition) is 3. The third kappa shape index (κ3) is 12.8. The zero-order valence-corrected chi connectivity index (χ0v) is 16.2. The number of alkyl carbamates (subject to hydrolysis) is 1. The molecule has 0 aromatic heterocycles. The second-order valence-corrected chi connectivity index (χ2v) is 6.21. The summed E-state index contributed by atoms with van der Waals surface area (Å²) in [6.07, 6.45) is -3.00. The zero-order chi connectivity index (χ0) is 16.7. The van der Waals surface area contributed by atoms with Crippen molar-refractivity contribution in [3.05, 3.63) is 0 Å². The minimum Gasteiger partial charge on any atom is -0.444 e. The molecule has 132 valence electrons. The number of amides is 1. The Morgan fingerprint density at radius 2 is 1.73 bits per heavy atom. The van der Waals surface area contributed by atoms with Gasteiger partial charge in [0.25, 0.3) is 6.43 Å². The first-order valence-electron chi connectivity index (χ1n) is 6.69. The van der Waals surface area contributed by atoms with Crippen molar-refractivity contribution in [2.45, 2.75) is 52.2 Å². The van der Waals surface area contributed by atoms with E-state index in [1.165, 1.54) is 7.05 Å². The Kier molecular flexibility index (Phi) is 10.6. The molecule has 0 fully saturated rings. The van der Waals surface area contributed by atoms with E-state index in [2.05, 4.69) is 20.9 Å². The summed E-state index contributed by atoms with van der Waals surface area (Å²) in [5.41, 5.74) is -1.22. The van der Waals surface area contributed by atoms with Crippen LogP contribution in [0.5, 0.6) is 0 Å². The molecule has 0 aliphatic carbocycles. The molecule has 0 bridgehead atoms. The Morgan fingerprint density at radius 3 is 2.14 bits per heavy atom. The van der Waals surface area contributed by atoms with E-state index in [0.29, 0.717) is 6.54 Å². The lowest BCUT2D eigenvalue weighted by atomic mass is 10.1. The van der Waals surface area contributed by atoms with Crippen molar-refractivity contribution in [3.8, 4) is 0 Å². The van der Waals surface area contributed by atoms with Crippen LogP contribution in [0.4, 0.5) is 13.6 Å². The van der Waals surface area contributed by atoms with Gasteiger partial charge in [0.2, 0.25) is 0 Å². The smallest absolute Gasteiger partial charge is 0.408 e. The van der Waals surface area contributed by atoms with Gasteiger partial charge in [-0.3, -0.25) is 4.99 Å². The molecule has 0 spiro atoms. The molecule has 0 radical (unpaired) electrons. The molecule has 0 rings (SSSR count). The zero-order valence-electron chi connectivity index (χ0n) is 13.9. The van der Waals surface area contributed by atoms with Crippen molar-refractivity contribution < 1.29 is 18.3 Å². The van der Waals surface area contributed by atoms with E-state index in [4.69, 9.17) is 4.74 Å². The number of carbonyl (C=O) groups is 1. The number of carbonyl (C=O) groups excluding carboxylic acids is 1. The van der Waals surface area contributed by atoms with Crippen LogP contribution < -0.4 is 16.0 Å². The SMILES string of the molecule is CN=C(NCC(F)F)NCC(C)(C)NC(=O)OC(C)(C)C.I. The van der Waals surface area contributed by atoms with E-state index < -0.39 is 30.2 Å². The number of halogens is 3. The predicted molar refractivity (Wildman–Crippen MR) is 94.2 cm³/mol. The lowest BCUT2D eigenvalue weighted by Gasteiger charge is -2.29. The van der Waals surface area contributed by atoms with Gasteiger partial charge in [-0.25, -0.2) is 13.6 Å². The molecule has 9 heteroatoms. The predicted octanol–water partition coefficient (Wildman–Crippen LogP) is 2.34. The van der Waals surface area contributed by atoms with Crippen LogP contribution in [0.3, 0.4) is 0 Å². The highest BCUT2D eigenvalue weighted by Gasteiger charge is 2.24. The first-order valence-corrected chi connectivity index (χ1v) is 6.69. The molecule has 0 saturated heterocycles. The van der Waals surface area contributed by atoms with Crippen molar-refractivity contribution in [2.24, 2.45) is 4.99 Å². The Hall–Kier alpha value is -0.870. The lowest BCUT2D eigenvalue weighted by Crippen LogP contribution is -2.54. The summed E-state index contributed by atoms with van der Waals surface area (Å²) in [5.74, 6) is 0.245. The summed E-state index contributed by atoms with van der Waals surface area (Å²) >= 11 is 0. The average Bonchev–Trinajstić information content (AvgIpc) is 2.25. The van der Waals surface area contributed by atoms with Crippen LogP contribution in [0.2, 0.25) is 0 Å². The summed E-state index contributed by atoms with van der Waals surface area (Å²) < 4.78 is 29.4. The largest absolute Gasteiger partial charge is 0.444 e. The van der Waals surface area contributed by atoms with Gasteiger partial charge >= 0.3 is 6.09 Å². The fourth-order valence-electron chi connectivity index (χ4n) is 1.32. The maximum Gasteiger partial charge on any atom is 0.408 e. The monoisotopic (exact) mass is 436 g/mol. The van der Waals surface area contributed by atoms with Crippen LogP contribution in [0.25, 0.3) is 0 Å². The Labute approximate surface area is 147 Å². The van der Waals surface area contributed by atoms with Gasteiger partial charge in [0.1, 0.15) is 5.60 Å². The van der Waals surface area contributed by atoms with Crippen molar-refractivity contribution in [3.63, 3.8) is 0 Å². The Bertz CT molecular complexity index is 372. The summed E-state index contributed by atoms with van der Waals surface area (Å²) in [6, 6.07) is 0. The first-order chi connectivity index (χ1) is 9.45. The van der Waals surface area contributed by atoms with Crippen LogP contribution >= 0.6 is 24.0 Å². The lowest BCUT2D eigenvalue weighted by molar-refractivity contribution is 0.0474. The maximum absolute atomic E-state index is 12.1. The van der Waals surface area contributed by atoms with Crippen LogP contribution in [-0.4, -0.2) is 49.8 Å². The van der Waals surface area contributed by atoms with Gasteiger partial charge in [-0.05, 0) is 34.6 Å². The molecule has 1 amide bonds. The third-order valence-electron chi connectivity index (χ3n) is 2.18. The molecule has 0 aliphatic heterocycles. The van der Waals surface area contributed by atoms with E-state index in [-0.39, 0.29) is 29.9 Å². The van der Waals surface area contributed by atoms with E-state index in [9.17, 15) is 13.6 Å².